The minimum Gasteiger partial charge on any atom is -0.493 e. The van der Waals surface area contributed by atoms with Gasteiger partial charge in [-0.2, -0.15) is 0 Å². The lowest BCUT2D eigenvalue weighted by Crippen LogP contribution is -2.45. The molecule has 0 saturated carbocycles. The number of hydrogen-bond acceptors (Lipinski definition) is 11. The molecule has 1 aromatic heterocycles. The van der Waals surface area contributed by atoms with Crippen molar-refractivity contribution in [3.63, 3.8) is 0 Å². The highest BCUT2D eigenvalue weighted by atomic mass is 16.5. The summed E-state index contributed by atoms with van der Waals surface area (Å²) in [6.45, 7) is 5.62. The van der Waals surface area contributed by atoms with E-state index in [4.69, 9.17) is 18.9 Å². The second-order valence-corrected chi connectivity index (χ2v) is 11.8. The second kappa shape index (κ2) is 13.7. The monoisotopic (exact) mass is 645 g/mol. The number of hydrogen-bond donors (Lipinski definition) is 2. The molecular formula is C33H39N7O7. The van der Waals surface area contributed by atoms with E-state index in [2.05, 4.69) is 37.4 Å². The maximum atomic E-state index is 13.9. The summed E-state index contributed by atoms with van der Waals surface area (Å²) in [4.78, 5) is 55.3. The van der Waals surface area contributed by atoms with Gasteiger partial charge in [0.05, 0.1) is 38.1 Å². The van der Waals surface area contributed by atoms with Crippen molar-refractivity contribution in [3.05, 3.63) is 65.0 Å². The minimum absolute atomic E-state index is 0.188. The molecule has 0 unspecified atom stereocenters. The van der Waals surface area contributed by atoms with Crippen LogP contribution in [0.1, 0.15) is 32.0 Å². The molecule has 14 heteroatoms. The normalized spacial score (nSPS) is 20.3. The molecule has 4 aliphatic heterocycles. The van der Waals surface area contributed by atoms with E-state index in [0.29, 0.717) is 40.0 Å². The summed E-state index contributed by atoms with van der Waals surface area (Å²) in [5.41, 5.74) is 2.05. The van der Waals surface area contributed by atoms with Gasteiger partial charge in [-0.1, -0.05) is 6.07 Å². The van der Waals surface area contributed by atoms with Crippen LogP contribution in [0.2, 0.25) is 0 Å². The Morgan fingerprint density at radius 3 is 2.51 bits per heavy atom. The zero-order valence-electron chi connectivity index (χ0n) is 26.9. The van der Waals surface area contributed by atoms with E-state index in [1.54, 1.807) is 35.4 Å². The molecule has 14 nitrogen and oxygen atoms in total. The Balaban J connectivity index is 1.28. The van der Waals surface area contributed by atoms with Crippen LogP contribution < -0.4 is 34.5 Å². The predicted molar refractivity (Wildman–Crippen MR) is 171 cm³/mol. The van der Waals surface area contributed by atoms with Gasteiger partial charge in [-0.25, -0.2) is 9.97 Å². The van der Waals surface area contributed by atoms with E-state index >= 15 is 0 Å². The third-order valence-corrected chi connectivity index (χ3v) is 8.63. The van der Waals surface area contributed by atoms with E-state index in [-0.39, 0.29) is 43.8 Å². The summed E-state index contributed by atoms with van der Waals surface area (Å²) >= 11 is 0. The number of rotatable bonds is 4. The molecule has 3 aromatic rings. The van der Waals surface area contributed by atoms with Crippen LogP contribution in [0.4, 0.5) is 5.95 Å². The van der Waals surface area contributed by atoms with Gasteiger partial charge in [0.2, 0.25) is 5.95 Å². The first-order chi connectivity index (χ1) is 22.7. The molecule has 2 aromatic carbocycles. The van der Waals surface area contributed by atoms with Gasteiger partial charge in [0.1, 0.15) is 6.10 Å². The van der Waals surface area contributed by atoms with Crippen LogP contribution in [0.5, 0.6) is 23.0 Å². The number of piperazine rings is 1. The van der Waals surface area contributed by atoms with Gasteiger partial charge in [-0.15, -0.1) is 0 Å². The molecule has 3 amide bonds. The fourth-order valence-electron chi connectivity index (χ4n) is 5.85. The summed E-state index contributed by atoms with van der Waals surface area (Å²) in [7, 11) is 5.09. The Kier molecular flexibility index (Phi) is 9.29. The number of aryl methyl sites for hydroxylation is 1. The van der Waals surface area contributed by atoms with Crippen LogP contribution in [0.25, 0.3) is 0 Å². The van der Waals surface area contributed by atoms with Crippen molar-refractivity contribution in [2.45, 2.75) is 25.6 Å². The molecule has 248 valence electrons. The summed E-state index contributed by atoms with van der Waals surface area (Å²) in [6, 6.07) is 9.50. The molecule has 2 atom stereocenters. The molecule has 47 heavy (non-hydrogen) atoms. The molecule has 0 radical (unpaired) electrons. The highest BCUT2D eigenvalue weighted by Crippen LogP contribution is 2.32. The van der Waals surface area contributed by atoms with E-state index in [1.807, 2.05) is 13.0 Å². The number of benzene rings is 2. The lowest BCUT2D eigenvalue weighted by molar-refractivity contribution is -0.123. The molecular weight excluding hydrogens is 606 g/mol. The average molecular weight is 646 g/mol. The molecule has 7 rings (SSSR count). The predicted octanol–water partition coefficient (Wildman–Crippen LogP) is 1.26. The highest BCUT2D eigenvalue weighted by Gasteiger charge is 2.39. The molecule has 4 aliphatic rings. The fourth-order valence-corrected chi connectivity index (χ4v) is 5.85. The average Bonchev–Trinajstić information content (AvgIpc) is 3.47. The van der Waals surface area contributed by atoms with Crippen molar-refractivity contribution in [3.8, 4) is 23.0 Å². The van der Waals surface area contributed by atoms with E-state index in [0.717, 1.165) is 31.7 Å². The number of fused-ring (bicyclic) bond motifs is 7. The first-order valence-electron chi connectivity index (χ1n) is 15.5. The first kappa shape index (κ1) is 31.9. The first-order valence-corrected chi connectivity index (χ1v) is 15.5. The van der Waals surface area contributed by atoms with Gasteiger partial charge < -0.3 is 44.3 Å². The van der Waals surface area contributed by atoms with Crippen molar-refractivity contribution < 1.29 is 33.3 Å². The van der Waals surface area contributed by atoms with Crippen molar-refractivity contribution >= 4 is 23.7 Å². The van der Waals surface area contributed by atoms with Crippen LogP contribution in [-0.2, 0) is 11.3 Å². The van der Waals surface area contributed by atoms with Crippen LogP contribution in [0.3, 0.4) is 0 Å². The Bertz CT molecular complexity index is 1660. The summed E-state index contributed by atoms with van der Waals surface area (Å²) in [5, 5.41) is 5.87. The number of nitrogens with zero attached hydrogens (tertiary/aromatic N) is 5. The van der Waals surface area contributed by atoms with Crippen molar-refractivity contribution in [1.29, 1.82) is 0 Å². The maximum Gasteiger partial charge on any atom is 0.258 e. The number of ether oxygens (including phenoxy) is 4. The molecule has 4 bridgehead atoms. The number of carbonyl (C=O) groups is 3. The van der Waals surface area contributed by atoms with Crippen molar-refractivity contribution in [1.82, 2.24) is 30.4 Å². The summed E-state index contributed by atoms with van der Waals surface area (Å²) < 4.78 is 23.2. The SMILES string of the molecule is COc1ccc2cc1OCC(=O)NCc1ccc(c(OC)c1)O[C@H]1CN(C(=O)c3cnc(N4CCN(C)CC4)nc3C)C[C@@H]1NC2=O. The van der Waals surface area contributed by atoms with Crippen molar-refractivity contribution in [2.75, 3.05) is 72.0 Å². The Morgan fingerprint density at radius 1 is 0.979 bits per heavy atom. The van der Waals surface area contributed by atoms with Crippen molar-refractivity contribution in [2.24, 2.45) is 0 Å². The maximum absolute atomic E-state index is 13.9. The van der Waals surface area contributed by atoms with Crippen LogP contribution in [-0.4, -0.2) is 117 Å². The third-order valence-electron chi connectivity index (χ3n) is 8.63. The third kappa shape index (κ3) is 7.02. The number of amides is 3. The lowest BCUT2D eigenvalue weighted by Gasteiger charge is -2.32. The number of methoxy groups -OCH3 is 2. The van der Waals surface area contributed by atoms with Gasteiger partial charge >= 0.3 is 0 Å². The molecule has 0 aliphatic carbocycles. The lowest BCUT2D eigenvalue weighted by atomic mass is 10.1. The number of likely N-dealkylation sites (N-methyl/N-ethyl adjacent to an activating group) is 1. The fraction of sp³-hybridized carbons (Fsp3) is 0.424. The Morgan fingerprint density at radius 2 is 1.77 bits per heavy atom. The highest BCUT2D eigenvalue weighted by molar-refractivity contribution is 5.96. The van der Waals surface area contributed by atoms with Gasteiger partial charge in [0, 0.05) is 51.0 Å². The van der Waals surface area contributed by atoms with Gasteiger partial charge in [0.25, 0.3) is 17.7 Å². The smallest absolute Gasteiger partial charge is 0.258 e. The summed E-state index contributed by atoms with van der Waals surface area (Å²) in [5.74, 6) is 1.12. The van der Waals surface area contributed by atoms with Gasteiger partial charge in [-0.05, 0) is 49.9 Å². The topological polar surface area (TPSA) is 148 Å². The van der Waals surface area contributed by atoms with Gasteiger partial charge in [-0.3, -0.25) is 14.4 Å². The minimum atomic E-state index is -0.613. The number of carbonyl (C=O) groups excluding carboxylic acids is 3. The molecule has 2 saturated heterocycles. The number of anilines is 1. The van der Waals surface area contributed by atoms with E-state index in [9.17, 15) is 14.4 Å². The largest absolute Gasteiger partial charge is 0.493 e. The number of nitrogens with one attached hydrogen (secondary N) is 2. The number of likely N-dealkylation sites (tertiary alicyclic amines) is 1. The van der Waals surface area contributed by atoms with E-state index < -0.39 is 18.1 Å². The molecule has 2 fully saturated rings. The second-order valence-electron chi connectivity index (χ2n) is 11.8. The standard InChI is InChI=1S/C33H39N7O7/c1-20-23(16-35-33(36-20)39-11-9-38(2)10-12-39)32(43)40-17-24-29(18-40)47-26-7-5-21(13-27(26)45-4)15-34-30(41)19-46-28-14-22(31(42)37-24)6-8-25(28)44-3/h5-8,13-14,16,24,29H,9-12,15,17-19H2,1-4H3,(H,34,41)(H,37,42)/t24-,29-/m0/s1. The molecule has 2 N–H and O–H groups in total. The molecule has 5 heterocycles. The Hall–Kier alpha value is -5.11. The number of aromatic nitrogens is 2. The Labute approximate surface area is 272 Å². The van der Waals surface area contributed by atoms with Crippen LogP contribution in [0, 0.1) is 6.92 Å². The summed E-state index contributed by atoms with van der Waals surface area (Å²) in [6.07, 6.45) is 0.974. The van der Waals surface area contributed by atoms with Gasteiger partial charge in [0.15, 0.2) is 29.6 Å². The van der Waals surface area contributed by atoms with Crippen LogP contribution in [0.15, 0.2) is 42.6 Å². The zero-order chi connectivity index (χ0) is 33.1. The quantitative estimate of drug-likeness (QED) is 0.423. The zero-order valence-corrected chi connectivity index (χ0v) is 26.9. The van der Waals surface area contributed by atoms with Crippen LogP contribution >= 0.6 is 0 Å². The van der Waals surface area contributed by atoms with E-state index in [1.165, 1.54) is 20.3 Å². The molecule has 0 spiro atoms.